The van der Waals surface area contributed by atoms with Crippen molar-refractivity contribution in [2.45, 2.75) is 6.92 Å². The Bertz CT molecular complexity index is 249. The van der Waals surface area contributed by atoms with Gasteiger partial charge in [0, 0.05) is 5.88 Å². The lowest BCUT2D eigenvalue weighted by atomic mass is 10.2. The molecule has 0 saturated heterocycles. The van der Waals surface area contributed by atoms with Gasteiger partial charge in [0.15, 0.2) is 0 Å². The SMILES string of the molecule is C=C(C)CCl.C=Cc1ccccc1. The molecule has 70 valence electrons. The van der Waals surface area contributed by atoms with E-state index in [-0.39, 0.29) is 0 Å². The Hall–Kier alpha value is -1.01. The van der Waals surface area contributed by atoms with E-state index in [0.717, 1.165) is 5.57 Å². The Morgan fingerprint density at radius 3 is 2.08 bits per heavy atom. The van der Waals surface area contributed by atoms with Gasteiger partial charge >= 0.3 is 0 Å². The van der Waals surface area contributed by atoms with Crippen molar-refractivity contribution in [3.8, 4) is 0 Å². The summed E-state index contributed by atoms with van der Waals surface area (Å²) in [6, 6.07) is 10.0. The largest absolute Gasteiger partial charge is 0.122 e. The smallest absolute Gasteiger partial charge is 0.0428 e. The zero-order valence-electron chi connectivity index (χ0n) is 7.96. The molecule has 0 aliphatic heterocycles. The molecule has 0 nitrogen and oxygen atoms in total. The van der Waals surface area contributed by atoms with Gasteiger partial charge in [0.25, 0.3) is 0 Å². The normalized spacial score (nSPS) is 8.15. The highest BCUT2D eigenvalue weighted by Crippen LogP contribution is 1.97. The lowest BCUT2D eigenvalue weighted by Crippen LogP contribution is -1.65. The fraction of sp³-hybridized carbons (Fsp3) is 0.167. The van der Waals surface area contributed by atoms with Crippen LogP contribution in [0.25, 0.3) is 6.08 Å². The highest BCUT2D eigenvalue weighted by atomic mass is 35.5. The molecule has 0 N–H and O–H groups in total. The van der Waals surface area contributed by atoms with E-state index in [9.17, 15) is 0 Å². The molecule has 0 heterocycles. The number of rotatable bonds is 2. The van der Waals surface area contributed by atoms with Crippen LogP contribution >= 0.6 is 11.6 Å². The summed E-state index contributed by atoms with van der Waals surface area (Å²) >= 11 is 5.24. The molecular formula is C12H15Cl. The van der Waals surface area contributed by atoms with Crippen LogP contribution in [0.1, 0.15) is 12.5 Å². The molecule has 0 aromatic heterocycles. The van der Waals surface area contributed by atoms with E-state index in [1.807, 2.05) is 43.3 Å². The number of allylic oxidation sites excluding steroid dienone is 1. The zero-order chi connectivity index (χ0) is 10.1. The molecule has 1 rings (SSSR count). The molecule has 0 amide bonds. The van der Waals surface area contributed by atoms with Gasteiger partial charge in [-0.1, -0.05) is 55.1 Å². The molecule has 0 fully saturated rings. The molecule has 0 unspecified atom stereocenters. The molecule has 1 aromatic carbocycles. The van der Waals surface area contributed by atoms with Crippen molar-refractivity contribution in [1.82, 2.24) is 0 Å². The first-order chi connectivity index (χ1) is 6.20. The summed E-state index contributed by atoms with van der Waals surface area (Å²) in [6.45, 7) is 9.07. The van der Waals surface area contributed by atoms with E-state index in [1.165, 1.54) is 5.56 Å². The standard InChI is InChI=1S/C8H8.C4H7Cl/c1-2-8-6-4-3-5-7-8;1-4(2)3-5/h2-7H,1H2;1,3H2,2H3. The number of hydrogen-bond donors (Lipinski definition) is 0. The van der Waals surface area contributed by atoms with E-state index in [0.29, 0.717) is 5.88 Å². The fourth-order valence-electron chi connectivity index (χ4n) is 0.589. The summed E-state index contributed by atoms with van der Waals surface area (Å²) in [6.07, 6.45) is 1.83. The molecule has 1 aromatic rings. The Morgan fingerprint density at radius 1 is 1.38 bits per heavy atom. The quantitative estimate of drug-likeness (QED) is 0.491. The summed E-state index contributed by atoms with van der Waals surface area (Å²) in [4.78, 5) is 0. The second-order valence-corrected chi connectivity index (χ2v) is 2.97. The first-order valence-electron chi connectivity index (χ1n) is 4.08. The minimum absolute atomic E-state index is 0.583. The Labute approximate surface area is 85.6 Å². The van der Waals surface area contributed by atoms with Gasteiger partial charge in [-0.3, -0.25) is 0 Å². The summed E-state index contributed by atoms with van der Waals surface area (Å²) < 4.78 is 0. The van der Waals surface area contributed by atoms with Crippen LogP contribution in [-0.4, -0.2) is 5.88 Å². The Morgan fingerprint density at radius 2 is 1.85 bits per heavy atom. The van der Waals surface area contributed by atoms with Gasteiger partial charge in [0.2, 0.25) is 0 Å². The van der Waals surface area contributed by atoms with Crippen molar-refractivity contribution in [3.05, 3.63) is 54.6 Å². The first kappa shape index (κ1) is 12.0. The summed E-state index contributed by atoms with van der Waals surface area (Å²) in [7, 11) is 0. The zero-order valence-corrected chi connectivity index (χ0v) is 8.72. The van der Waals surface area contributed by atoms with Gasteiger partial charge in [0.05, 0.1) is 0 Å². The second kappa shape index (κ2) is 7.63. The molecule has 0 spiro atoms. The highest BCUT2D eigenvalue weighted by Gasteiger charge is 1.75. The van der Waals surface area contributed by atoms with E-state index >= 15 is 0 Å². The molecule has 0 aliphatic carbocycles. The predicted octanol–water partition coefficient (Wildman–Crippen LogP) is 4.13. The number of halogens is 1. The van der Waals surface area contributed by atoms with Crippen LogP contribution in [0.15, 0.2) is 49.1 Å². The number of benzene rings is 1. The van der Waals surface area contributed by atoms with Gasteiger partial charge < -0.3 is 0 Å². The summed E-state index contributed by atoms with van der Waals surface area (Å²) in [5, 5.41) is 0. The van der Waals surface area contributed by atoms with E-state index in [2.05, 4.69) is 13.2 Å². The molecule has 13 heavy (non-hydrogen) atoms. The van der Waals surface area contributed by atoms with Gasteiger partial charge in [-0.2, -0.15) is 0 Å². The minimum Gasteiger partial charge on any atom is -0.122 e. The maximum atomic E-state index is 5.24. The predicted molar refractivity (Wildman–Crippen MR) is 62.1 cm³/mol. The lowest BCUT2D eigenvalue weighted by molar-refractivity contribution is 1.43. The fourth-order valence-corrected chi connectivity index (χ4v) is 0.589. The van der Waals surface area contributed by atoms with Crippen LogP contribution in [0, 0.1) is 0 Å². The van der Waals surface area contributed by atoms with Crippen LogP contribution in [0.5, 0.6) is 0 Å². The molecule has 0 bridgehead atoms. The highest BCUT2D eigenvalue weighted by molar-refractivity contribution is 6.19. The first-order valence-corrected chi connectivity index (χ1v) is 4.62. The Balaban J connectivity index is 0.000000252. The molecule has 0 atom stereocenters. The van der Waals surface area contributed by atoms with Crippen LogP contribution in [0.3, 0.4) is 0 Å². The van der Waals surface area contributed by atoms with E-state index < -0.39 is 0 Å². The Kier molecular flexibility index (Phi) is 7.04. The maximum Gasteiger partial charge on any atom is 0.0428 e. The van der Waals surface area contributed by atoms with Gasteiger partial charge in [0.1, 0.15) is 0 Å². The average Bonchev–Trinajstić information content (AvgIpc) is 2.20. The third kappa shape index (κ3) is 7.35. The monoisotopic (exact) mass is 194 g/mol. The molecule has 1 heteroatoms. The number of hydrogen-bond acceptors (Lipinski definition) is 0. The molecule has 0 saturated carbocycles. The van der Waals surface area contributed by atoms with Crippen LogP contribution in [0.4, 0.5) is 0 Å². The van der Waals surface area contributed by atoms with Crippen molar-refractivity contribution in [3.63, 3.8) is 0 Å². The lowest BCUT2D eigenvalue weighted by Gasteiger charge is -1.85. The molecular weight excluding hydrogens is 180 g/mol. The van der Waals surface area contributed by atoms with Crippen molar-refractivity contribution >= 4 is 17.7 Å². The second-order valence-electron chi connectivity index (χ2n) is 2.71. The third-order valence-electron chi connectivity index (χ3n) is 1.26. The summed E-state index contributed by atoms with van der Waals surface area (Å²) in [5.41, 5.74) is 2.19. The maximum absolute atomic E-state index is 5.24. The topological polar surface area (TPSA) is 0 Å². The third-order valence-corrected chi connectivity index (χ3v) is 1.72. The molecule has 0 aliphatic rings. The molecule has 0 radical (unpaired) electrons. The van der Waals surface area contributed by atoms with Crippen LogP contribution in [0.2, 0.25) is 0 Å². The van der Waals surface area contributed by atoms with Crippen molar-refractivity contribution < 1.29 is 0 Å². The van der Waals surface area contributed by atoms with Crippen molar-refractivity contribution in [2.24, 2.45) is 0 Å². The number of alkyl halides is 1. The van der Waals surface area contributed by atoms with Crippen LogP contribution < -0.4 is 0 Å². The van der Waals surface area contributed by atoms with Crippen molar-refractivity contribution in [2.75, 3.05) is 5.88 Å². The van der Waals surface area contributed by atoms with Gasteiger partial charge in [-0.25, -0.2) is 0 Å². The van der Waals surface area contributed by atoms with Crippen LogP contribution in [-0.2, 0) is 0 Å². The van der Waals surface area contributed by atoms with Crippen molar-refractivity contribution in [1.29, 1.82) is 0 Å². The summed E-state index contributed by atoms with van der Waals surface area (Å²) in [5.74, 6) is 0.583. The van der Waals surface area contributed by atoms with E-state index in [1.54, 1.807) is 0 Å². The van der Waals surface area contributed by atoms with E-state index in [4.69, 9.17) is 11.6 Å². The minimum atomic E-state index is 0.583. The van der Waals surface area contributed by atoms with Gasteiger partial charge in [-0.15, -0.1) is 11.6 Å². The average molecular weight is 195 g/mol. The van der Waals surface area contributed by atoms with Gasteiger partial charge in [-0.05, 0) is 12.5 Å².